The van der Waals surface area contributed by atoms with Crippen molar-refractivity contribution in [3.8, 4) is 0 Å². The zero-order valence-corrected chi connectivity index (χ0v) is 13.8. The highest BCUT2D eigenvalue weighted by atomic mass is 16.5. The molecule has 0 rings (SSSR count). The van der Waals surface area contributed by atoms with Gasteiger partial charge in [-0.15, -0.1) is 6.58 Å². The fourth-order valence-electron chi connectivity index (χ4n) is 1.01. The molecule has 0 heterocycles. The molecule has 0 unspecified atom stereocenters. The standard InChI is InChI=1S/C9H18.C7H16O.4CH4/c1-7-9(5,6)8(2,3)4;1-6(2)8-7(3,4)5;;;;/h7H,1H2,2-6H3;6H,1-5H3;4*1H4. The predicted octanol–water partition coefficient (Wildman–Crippen LogP) is 8.00. The van der Waals surface area contributed by atoms with Gasteiger partial charge in [0.1, 0.15) is 0 Å². The molecule has 1 nitrogen and oxygen atoms in total. The number of rotatable bonds is 2. The van der Waals surface area contributed by atoms with Crippen molar-refractivity contribution in [1.29, 1.82) is 0 Å². The van der Waals surface area contributed by atoms with Crippen molar-refractivity contribution in [2.75, 3.05) is 0 Å². The lowest BCUT2D eigenvalue weighted by Gasteiger charge is -2.35. The van der Waals surface area contributed by atoms with Gasteiger partial charge in [-0.3, -0.25) is 0 Å². The van der Waals surface area contributed by atoms with Crippen LogP contribution in [-0.4, -0.2) is 11.7 Å². The van der Waals surface area contributed by atoms with E-state index in [0.717, 1.165) is 0 Å². The molecule has 0 spiro atoms. The normalized spacial score (nSPS) is 10.6. The first-order valence-electron chi connectivity index (χ1n) is 6.54. The van der Waals surface area contributed by atoms with Crippen LogP contribution in [0.3, 0.4) is 0 Å². The summed E-state index contributed by atoms with van der Waals surface area (Å²) in [5.41, 5.74) is 0.593. The molecular weight excluding hydrogens is 256 g/mol. The van der Waals surface area contributed by atoms with E-state index in [1.807, 2.05) is 19.9 Å². The lowest BCUT2D eigenvalue weighted by Crippen LogP contribution is -2.26. The van der Waals surface area contributed by atoms with Gasteiger partial charge >= 0.3 is 0 Å². The number of allylic oxidation sites excluding steroid dienone is 1. The molecule has 0 aliphatic heterocycles. The van der Waals surface area contributed by atoms with Gasteiger partial charge < -0.3 is 4.74 Å². The molecule has 0 N–H and O–H groups in total. The zero-order valence-electron chi connectivity index (χ0n) is 13.8. The minimum Gasteiger partial charge on any atom is -0.373 e. The molecule has 0 aliphatic rings. The van der Waals surface area contributed by atoms with Crippen molar-refractivity contribution in [3.05, 3.63) is 12.7 Å². The highest BCUT2D eigenvalue weighted by Crippen LogP contribution is 2.38. The molecule has 0 fully saturated rings. The first-order chi connectivity index (χ1) is 7.23. The molecule has 0 aromatic rings. The summed E-state index contributed by atoms with van der Waals surface area (Å²) < 4.78 is 5.44. The Hall–Kier alpha value is -0.300. The zero-order chi connectivity index (χ0) is 14.5. The van der Waals surface area contributed by atoms with Crippen molar-refractivity contribution in [1.82, 2.24) is 0 Å². The minimum atomic E-state index is 0. The SMILES string of the molecule is C.C.C.C.C=CC(C)(C)C(C)(C)C.CC(C)OC(C)(C)C. The van der Waals surface area contributed by atoms with Crippen LogP contribution < -0.4 is 0 Å². The molecular formula is C20H50O. The summed E-state index contributed by atoms with van der Waals surface area (Å²) in [6.45, 7) is 25.2. The molecule has 0 amide bonds. The third-order valence-corrected chi connectivity index (χ3v) is 3.03. The van der Waals surface area contributed by atoms with Gasteiger partial charge in [-0.05, 0) is 45.4 Å². The summed E-state index contributed by atoms with van der Waals surface area (Å²) in [4.78, 5) is 0. The molecule has 0 atom stereocenters. The Bertz CT molecular complexity index is 211. The van der Waals surface area contributed by atoms with Crippen LogP contribution in [0, 0.1) is 10.8 Å². The number of hydrogen-bond acceptors (Lipinski definition) is 1. The average molecular weight is 307 g/mol. The molecule has 0 aliphatic carbocycles. The van der Waals surface area contributed by atoms with Crippen LogP contribution in [-0.2, 0) is 4.74 Å². The summed E-state index contributed by atoms with van der Waals surface area (Å²) in [5.74, 6) is 0. The lowest BCUT2D eigenvalue weighted by molar-refractivity contribution is -0.0424. The first kappa shape index (κ1) is 37.2. The lowest BCUT2D eigenvalue weighted by atomic mass is 9.70. The van der Waals surface area contributed by atoms with Gasteiger partial charge in [0.15, 0.2) is 0 Å². The maximum absolute atomic E-state index is 5.44. The highest BCUT2D eigenvalue weighted by Gasteiger charge is 2.28. The van der Waals surface area contributed by atoms with Gasteiger partial charge in [0.2, 0.25) is 0 Å². The van der Waals surface area contributed by atoms with Gasteiger partial charge in [-0.25, -0.2) is 0 Å². The van der Waals surface area contributed by atoms with Crippen molar-refractivity contribution in [2.24, 2.45) is 10.8 Å². The molecule has 21 heavy (non-hydrogen) atoms. The molecule has 136 valence electrons. The van der Waals surface area contributed by atoms with Crippen LogP contribution in [0.4, 0.5) is 0 Å². The van der Waals surface area contributed by atoms with E-state index in [0.29, 0.717) is 11.5 Å². The third kappa shape index (κ3) is 22.1. The summed E-state index contributed by atoms with van der Waals surface area (Å²) in [6.07, 6.45) is 2.36. The van der Waals surface area contributed by atoms with Gasteiger partial charge in [-0.1, -0.05) is 70.4 Å². The van der Waals surface area contributed by atoms with E-state index in [4.69, 9.17) is 4.74 Å². The van der Waals surface area contributed by atoms with E-state index in [1.54, 1.807) is 0 Å². The Morgan fingerprint density at radius 3 is 1.05 bits per heavy atom. The maximum Gasteiger partial charge on any atom is 0.0601 e. The van der Waals surface area contributed by atoms with Gasteiger partial charge in [0, 0.05) is 0 Å². The van der Waals surface area contributed by atoms with Crippen LogP contribution in [0.2, 0.25) is 0 Å². The summed E-state index contributed by atoms with van der Waals surface area (Å²) in [5, 5.41) is 0. The van der Waals surface area contributed by atoms with Crippen molar-refractivity contribution >= 4 is 0 Å². The third-order valence-electron chi connectivity index (χ3n) is 3.03. The quantitative estimate of drug-likeness (QED) is 0.469. The Balaban J connectivity index is -0.0000000452. The van der Waals surface area contributed by atoms with E-state index in [9.17, 15) is 0 Å². The summed E-state index contributed by atoms with van der Waals surface area (Å²) in [7, 11) is 0. The van der Waals surface area contributed by atoms with Gasteiger partial charge in [0.05, 0.1) is 11.7 Å². The summed E-state index contributed by atoms with van der Waals surface area (Å²) >= 11 is 0. The fourth-order valence-corrected chi connectivity index (χ4v) is 1.01. The Labute approximate surface area is 139 Å². The molecule has 0 saturated heterocycles. The van der Waals surface area contributed by atoms with E-state index in [1.165, 1.54) is 0 Å². The van der Waals surface area contributed by atoms with Crippen molar-refractivity contribution in [3.63, 3.8) is 0 Å². The smallest absolute Gasteiger partial charge is 0.0601 e. The molecule has 0 aromatic heterocycles. The molecule has 0 radical (unpaired) electrons. The summed E-state index contributed by atoms with van der Waals surface area (Å²) in [6, 6.07) is 0. The largest absolute Gasteiger partial charge is 0.373 e. The molecule has 0 aromatic carbocycles. The van der Waals surface area contributed by atoms with E-state index >= 15 is 0 Å². The second-order valence-electron chi connectivity index (χ2n) is 7.45. The fraction of sp³-hybridized carbons (Fsp3) is 0.900. The second kappa shape index (κ2) is 13.4. The van der Waals surface area contributed by atoms with E-state index < -0.39 is 0 Å². The van der Waals surface area contributed by atoms with E-state index in [-0.39, 0.29) is 40.7 Å². The molecule has 1 heteroatoms. The molecule has 0 saturated carbocycles. The minimum absolute atomic E-state index is 0. The van der Waals surface area contributed by atoms with Crippen LogP contribution >= 0.6 is 0 Å². The predicted molar refractivity (Wildman–Crippen MR) is 106 cm³/mol. The average Bonchev–Trinajstić information content (AvgIpc) is 1.98. The second-order valence-corrected chi connectivity index (χ2v) is 7.45. The van der Waals surface area contributed by atoms with Gasteiger partial charge in [0.25, 0.3) is 0 Å². The van der Waals surface area contributed by atoms with Crippen LogP contribution in [0.25, 0.3) is 0 Å². The monoisotopic (exact) mass is 306 g/mol. The Kier molecular flexibility index (Phi) is 23.7. The van der Waals surface area contributed by atoms with Gasteiger partial charge in [-0.2, -0.15) is 0 Å². The number of hydrogen-bond donors (Lipinski definition) is 0. The van der Waals surface area contributed by atoms with Crippen molar-refractivity contribution < 1.29 is 4.74 Å². The van der Waals surface area contributed by atoms with E-state index in [2.05, 4.69) is 62.0 Å². The van der Waals surface area contributed by atoms with Crippen LogP contribution in [0.5, 0.6) is 0 Å². The topological polar surface area (TPSA) is 9.23 Å². The van der Waals surface area contributed by atoms with Crippen molar-refractivity contribution in [2.45, 2.75) is 111 Å². The Morgan fingerprint density at radius 1 is 0.762 bits per heavy atom. The maximum atomic E-state index is 5.44. The molecule has 0 bridgehead atoms. The number of ether oxygens (including phenoxy) is 1. The first-order valence-corrected chi connectivity index (χ1v) is 6.54. The van der Waals surface area contributed by atoms with Crippen LogP contribution in [0.1, 0.15) is 98.9 Å². The highest BCUT2D eigenvalue weighted by molar-refractivity contribution is 4.95. The van der Waals surface area contributed by atoms with Crippen LogP contribution in [0.15, 0.2) is 12.7 Å². The Morgan fingerprint density at radius 2 is 1.05 bits per heavy atom.